The van der Waals surface area contributed by atoms with E-state index in [9.17, 15) is 4.79 Å². The minimum Gasteiger partial charge on any atom is -0.201 e. The first-order valence-electron chi connectivity index (χ1n) is 3.29. The van der Waals surface area contributed by atoms with Crippen molar-refractivity contribution >= 4 is 6.47 Å². The molecular formula is C8H9NO2+. The van der Waals surface area contributed by atoms with E-state index in [1.54, 1.807) is 0 Å². The van der Waals surface area contributed by atoms with E-state index in [2.05, 4.69) is 10.3 Å². The monoisotopic (exact) mass is 151 g/mol. The van der Waals surface area contributed by atoms with Gasteiger partial charge in [0, 0.05) is 4.79 Å². The van der Waals surface area contributed by atoms with Crippen LogP contribution in [0.3, 0.4) is 0 Å². The molecule has 1 aromatic carbocycles. The first-order valence-corrected chi connectivity index (χ1v) is 3.29. The molecular weight excluding hydrogens is 142 g/mol. The summed E-state index contributed by atoms with van der Waals surface area (Å²) in [6.45, 7) is 0.905. The predicted molar refractivity (Wildman–Crippen MR) is 40.4 cm³/mol. The standard InChI is InChI=1S/C8H9NO2/c10-7-11-9-6-8-4-2-1-3-5-8/h1-5,7,9H,6H2/q+1. The Bertz CT molecular complexity index is 211. The Hall–Kier alpha value is -1.35. The highest BCUT2D eigenvalue weighted by molar-refractivity contribution is 5.36. The Morgan fingerprint density at radius 1 is 1.36 bits per heavy atom. The highest BCUT2D eigenvalue weighted by Gasteiger charge is 1.93. The Balaban J connectivity index is 2.33. The van der Waals surface area contributed by atoms with Gasteiger partial charge in [0.15, 0.2) is 0 Å². The summed E-state index contributed by atoms with van der Waals surface area (Å²) in [5.74, 6) is 0. The van der Waals surface area contributed by atoms with E-state index in [1.165, 1.54) is 0 Å². The van der Waals surface area contributed by atoms with Gasteiger partial charge >= 0.3 is 6.47 Å². The van der Waals surface area contributed by atoms with Gasteiger partial charge in [0.05, 0.1) is 6.54 Å². The molecule has 0 saturated heterocycles. The van der Waals surface area contributed by atoms with Gasteiger partial charge in [-0.05, 0) is 11.0 Å². The number of carbonyl (C=O) groups excluding carboxylic acids is 1. The van der Waals surface area contributed by atoms with Crippen LogP contribution in [0.1, 0.15) is 5.56 Å². The molecule has 1 aromatic rings. The molecule has 1 radical (unpaired) electrons. The highest BCUT2D eigenvalue weighted by atomic mass is 16.7. The van der Waals surface area contributed by atoms with E-state index in [4.69, 9.17) is 0 Å². The van der Waals surface area contributed by atoms with Gasteiger partial charge in [-0.3, -0.25) is 0 Å². The van der Waals surface area contributed by atoms with Crippen molar-refractivity contribution in [2.24, 2.45) is 0 Å². The molecule has 0 unspecified atom stereocenters. The van der Waals surface area contributed by atoms with Crippen LogP contribution in [-0.2, 0) is 16.2 Å². The summed E-state index contributed by atoms with van der Waals surface area (Å²) in [7, 11) is 0. The van der Waals surface area contributed by atoms with Gasteiger partial charge in [0.2, 0.25) is 0 Å². The van der Waals surface area contributed by atoms with E-state index in [0.717, 1.165) is 5.56 Å². The van der Waals surface area contributed by atoms with Crippen molar-refractivity contribution in [2.45, 2.75) is 6.54 Å². The number of benzene rings is 1. The maximum atomic E-state index is 9.71. The van der Waals surface area contributed by atoms with Crippen molar-refractivity contribution < 1.29 is 9.63 Å². The molecule has 0 spiro atoms. The second-order valence-corrected chi connectivity index (χ2v) is 2.02. The Labute approximate surface area is 64.9 Å². The lowest BCUT2D eigenvalue weighted by Gasteiger charge is -1.94. The lowest BCUT2D eigenvalue weighted by Crippen LogP contribution is -2.12. The summed E-state index contributed by atoms with van der Waals surface area (Å²) >= 11 is 0. The van der Waals surface area contributed by atoms with Crippen LogP contribution in [0.25, 0.3) is 0 Å². The molecule has 11 heavy (non-hydrogen) atoms. The molecule has 0 fully saturated rings. The second-order valence-electron chi connectivity index (χ2n) is 2.02. The first kappa shape index (κ1) is 7.75. The average molecular weight is 151 g/mol. The van der Waals surface area contributed by atoms with Crippen molar-refractivity contribution in [3.05, 3.63) is 35.9 Å². The summed E-state index contributed by atoms with van der Waals surface area (Å²) in [6, 6.07) is 9.68. The molecule has 0 aliphatic heterocycles. The fraction of sp³-hybridized carbons (Fsp3) is 0.125. The lowest BCUT2D eigenvalue weighted by atomic mass is 10.2. The quantitative estimate of drug-likeness (QED) is 0.300. The maximum absolute atomic E-state index is 9.71. The van der Waals surface area contributed by atoms with Crippen LogP contribution in [0, 0.1) is 0 Å². The van der Waals surface area contributed by atoms with Crippen LogP contribution in [0.15, 0.2) is 30.3 Å². The van der Waals surface area contributed by atoms with Crippen LogP contribution in [0.2, 0.25) is 0 Å². The number of carbonyl (C=O) groups is 1. The normalized spacial score (nSPS) is 9.09. The van der Waals surface area contributed by atoms with Gasteiger partial charge in [-0.2, -0.15) is 0 Å². The fourth-order valence-corrected chi connectivity index (χ4v) is 0.755. The molecule has 1 N–H and O–H groups in total. The molecule has 0 aliphatic rings. The van der Waals surface area contributed by atoms with E-state index in [-0.39, 0.29) is 0 Å². The van der Waals surface area contributed by atoms with Crippen molar-refractivity contribution in [3.63, 3.8) is 0 Å². The van der Waals surface area contributed by atoms with Crippen molar-refractivity contribution in [1.29, 1.82) is 0 Å². The summed E-state index contributed by atoms with van der Waals surface area (Å²) in [4.78, 5) is 14.0. The van der Waals surface area contributed by atoms with Crippen LogP contribution in [-0.4, -0.2) is 6.47 Å². The Kier molecular flexibility index (Phi) is 3.15. The summed E-state index contributed by atoms with van der Waals surface area (Å²) in [5.41, 5.74) is 3.56. The summed E-state index contributed by atoms with van der Waals surface area (Å²) < 4.78 is 0. The third-order valence-electron chi connectivity index (χ3n) is 1.25. The third kappa shape index (κ3) is 2.82. The largest absolute Gasteiger partial charge is 0.587 e. The zero-order valence-electron chi connectivity index (χ0n) is 5.99. The molecule has 57 valence electrons. The Morgan fingerprint density at radius 2 is 2.09 bits per heavy atom. The van der Waals surface area contributed by atoms with Crippen molar-refractivity contribution in [1.82, 2.24) is 5.48 Å². The smallest absolute Gasteiger partial charge is 0.201 e. The molecule has 3 nitrogen and oxygen atoms in total. The molecule has 0 saturated carbocycles. The Morgan fingerprint density at radius 3 is 2.73 bits per heavy atom. The molecule has 0 aliphatic carbocycles. The fourth-order valence-electron chi connectivity index (χ4n) is 0.755. The van der Waals surface area contributed by atoms with Gasteiger partial charge in [-0.15, -0.1) is 0 Å². The van der Waals surface area contributed by atoms with Gasteiger partial charge in [0.1, 0.15) is 0 Å². The van der Waals surface area contributed by atoms with Crippen molar-refractivity contribution in [3.8, 4) is 0 Å². The molecule has 0 amide bonds. The van der Waals surface area contributed by atoms with Gasteiger partial charge < -0.3 is 0 Å². The second kappa shape index (κ2) is 4.46. The average Bonchev–Trinajstić information content (AvgIpc) is 2.07. The van der Waals surface area contributed by atoms with Crippen molar-refractivity contribution in [2.75, 3.05) is 0 Å². The molecule has 1 rings (SSSR count). The molecule has 0 bridgehead atoms. The minimum absolute atomic E-state index is 0.364. The number of hydrogen-bond donors (Lipinski definition) is 1. The molecule has 0 aromatic heterocycles. The van der Waals surface area contributed by atoms with Crippen LogP contribution >= 0.6 is 0 Å². The third-order valence-corrected chi connectivity index (χ3v) is 1.25. The van der Waals surface area contributed by atoms with E-state index in [0.29, 0.717) is 13.0 Å². The first-order chi connectivity index (χ1) is 5.43. The lowest BCUT2D eigenvalue weighted by molar-refractivity contribution is -0.135. The van der Waals surface area contributed by atoms with Gasteiger partial charge in [0.25, 0.3) is 0 Å². The van der Waals surface area contributed by atoms with Crippen LogP contribution in [0.5, 0.6) is 0 Å². The van der Waals surface area contributed by atoms with Gasteiger partial charge in [-0.25, -0.2) is 4.84 Å². The SMILES string of the molecule is [O+]=CONCc1ccccc1. The van der Waals surface area contributed by atoms with Crippen LogP contribution in [0.4, 0.5) is 0 Å². The number of hydroxylamine groups is 1. The minimum atomic E-state index is 0.364. The predicted octanol–water partition coefficient (Wildman–Crippen LogP) is 0.864. The number of nitrogens with one attached hydrogen (secondary N) is 1. The number of hydrogen-bond acceptors (Lipinski definition) is 3. The van der Waals surface area contributed by atoms with E-state index < -0.39 is 0 Å². The van der Waals surface area contributed by atoms with Crippen LogP contribution < -0.4 is 5.48 Å². The zero-order chi connectivity index (χ0) is 7.94. The summed E-state index contributed by atoms with van der Waals surface area (Å²) in [5, 5.41) is 0. The number of rotatable bonds is 4. The molecule has 3 heteroatoms. The zero-order valence-corrected chi connectivity index (χ0v) is 5.99. The van der Waals surface area contributed by atoms with E-state index in [1.807, 2.05) is 30.3 Å². The highest BCUT2D eigenvalue weighted by Crippen LogP contribution is 1.96. The topological polar surface area (TPSA) is 41.2 Å². The van der Waals surface area contributed by atoms with Gasteiger partial charge in [-0.1, -0.05) is 30.3 Å². The summed E-state index contributed by atoms with van der Waals surface area (Å²) in [6.07, 6.45) is 0. The van der Waals surface area contributed by atoms with E-state index >= 15 is 0 Å². The molecule has 0 atom stereocenters. The maximum Gasteiger partial charge on any atom is 0.587 e. The molecule has 0 heterocycles.